The van der Waals surface area contributed by atoms with Gasteiger partial charge < -0.3 is 10.1 Å². The number of nitrogens with one attached hydrogen (secondary N) is 1. The van der Waals surface area contributed by atoms with Crippen molar-refractivity contribution in [3.8, 4) is 11.6 Å². The molecule has 2 aromatic rings. The molecule has 6 nitrogen and oxygen atoms in total. The Bertz CT molecular complexity index is 664. The van der Waals surface area contributed by atoms with Crippen LogP contribution in [0.5, 0.6) is 11.6 Å². The van der Waals surface area contributed by atoms with Gasteiger partial charge in [0.15, 0.2) is 5.82 Å². The number of pyridine rings is 1. The molecule has 1 unspecified atom stereocenters. The van der Waals surface area contributed by atoms with Gasteiger partial charge in [-0.2, -0.15) is 0 Å². The summed E-state index contributed by atoms with van der Waals surface area (Å²) in [6, 6.07) is 6.97. The first-order valence-corrected chi connectivity index (χ1v) is 6.27. The van der Waals surface area contributed by atoms with Crippen molar-refractivity contribution < 1.29 is 14.1 Å². The Labute approximate surface area is 120 Å². The molecule has 0 aliphatic heterocycles. The van der Waals surface area contributed by atoms with Gasteiger partial charge in [-0.3, -0.25) is 10.1 Å². The maximum absolute atomic E-state index is 13.8. The third kappa shape index (κ3) is 3.32. The molecular formula is C14H14FN3O3. The van der Waals surface area contributed by atoms with Gasteiger partial charge in [0.25, 0.3) is 0 Å². The summed E-state index contributed by atoms with van der Waals surface area (Å²) in [4.78, 5) is 14.2. The highest BCUT2D eigenvalue weighted by Gasteiger charge is 2.20. The van der Waals surface area contributed by atoms with Crippen molar-refractivity contribution in [1.29, 1.82) is 0 Å². The first-order chi connectivity index (χ1) is 10.0. The van der Waals surface area contributed by atoms with E-state index in [9.17, 15) is 14.5 Å². The van der Waals surface area contributed by atoms with Gasteiger partial charge in [0, 0.05) is 24.4 Å². The average molecular weight is 291 g/mol. The first kappa shape index (κ1) is 14.9. The van der Waals surface area contributed by atoms with Crippen LogP contribution in [0, 0.1) is 15.9 Å². The maximum atomic E-state index is 13.8. The van der Waals surface area contributed by atoms with Crippen LogP contribution in [0.25, 0.3) is 0 Å². The summed E-state index contributed by atoms with van der Waals surface area (Å²) in [6.45, 7) is 1.94. The van der Waals surface area contributed by atoms with Crippen molar-refractivity contribution in [2.75, 3.05) is 7.05 Å². The van der Waals surface area contributed by atoms with Gasteiger partial charge in [-0.25, -0.2) is 9.37 Å². The molecule has 1 N–H and O–H groups in total. The third-order valence-electron chi connectivity index (χ3n) is 3.04. The van der Waals surface area contributed by atoms with Crippen LogP contribution < -0.4 is 10.1 Å². The van der Waals surface area contributed by atoms with Crippen LogP contribution in [0.4, 0.5) is 10.1 Å². The summed E-state index contributed by atoms with van der Waals surface area (Å²) in [5.41, 5.74) is 0.436. The largest absolute Gasteiger partial charge is 0.429 e. The number of ether oxygens (including phenoxy) is 1. The minimum Gasteiger partial charge on any atom is -0.429 e. The lowest BCUT2D eigenvalue weighted by molar-refractivity contribution is -0.385. The predicted octanol–water partition coefficient (Wildman–Crippen LogP) is 3.20. The van der Waals surface area contributed by atoms with Gasteiger partial charge in [0.1, 0.15) is 0 Å². The molecule has 1 heterocycles. The summed E-state index contributed by atoms with van der Waals surface area (Å²) in [7, 11) is 1.80. The van der Waals surface area contributed by atoms with E-state index in [1.807, 2.05) is 6.92 Å². The van der Waals surface area contributed by atoms with Gasteiger partial charge in [0.2, 0.25) is 11.6 Å². The second-order valence-electron chi connectivity index (χ2n) is 4.39. The second-order valence-corrected chi connectivity index (χ2v) is 4.39. The van der Waals surface area contributed by atoms with Gasteiger partial charge in [-0.15, -0.1) is 0 Å². The highest BCUT2D eigenvalue weighted by molar-refractivity contribution is 5.48. The molecule has 1 aromatic heterocycles. The van der Waals surface area contributed by atoms with Gasteiger partial charge in [0.05, 0.1) is 4.92 Å². The van der Waals surface area contributed by atoms with Crippen LogP contribution >= 0.6 is 0 Å². The summed E-state index contributed by atoms with van der Waals surface area (Å²) in [5, 5.41) is 14.0. The first-order valence-electron chi connectivity index (χ1n) is 6.27. The minimum atomic E-state index is -0.807. The fourth-order valence-corrected chi connectivity index (χ4v) is 1.76. The Balaban J connectivity index is 2.37. The Morgan fingerprint density at radius 3 is 2.86 bits per heavy atom. The zero-order chi connectivity index (χ0) is 15.4. The van der Waals surface area contributed by atoms with Crippen molar-refractivity contribution in [2.45, 2.75) is 13.0 Å². The van der Waals surface area contributed by atoms with E-state index >= 15 is 0 Å². The highest BCUT2D eigenvalue weighted by Crippen LogP contribution is 2.33. The molecule has 110 valence electrons. The molecule has 1 aromatic carbocycles. The highest BCUT2D eigenvalue weighted by atomic mass is 19.1. The topological polar surface area (TPSA) is 77.3 Å². The smallest absolute Gasteiger partial charge is 0.314 e. The molecule has 0 saturated heterocycles. The van der Waals surface area contributed by atoms with E-state index in [1.54, 1.807) is 19.2 Å². The SMILES string of the molecule is CNC(C)c1ccnc(Oc2c(F)cccc2[N+](=O)[O-])c1. The zero-order valence-corrected chi connectivity index (χ0v) is 11.5. The van der Waals surface area contributed by atoms with Crippen molar-refractivity contribution in [3.63, 3.8) is 0 Å². The Kier molecular flexibility index (Phi) is 4.44. The molecule has 1 atom stereocenters. The number of nitro groups is 1. The minimum absolute atomic E-state index is 0.0472. The molecule has 21 heavy (non-hydrogen) atoms. The quantitative estimate of drug-likeness (QED) is 0.676. The lowest BCUT2D eigenvalue weighted by Crippen LogP contribution is -2.12. The standard InChI is InChI=1S/C14H14FN3O3/c1-9(16-2)10-6-7-17-13(8-10)21-14-11(15)4-3-5-12(14)18(19)20/h3-9,16H,1-2H3. The van der Waals surface area contributed by atoms with Crippen molar-refractivity contribution in [3.05, 3.63) is 58.0 Å². The zero-order valence-electron chi connectivity index (χ0n) is 11.5. The molecule has 0 radical (unpaired) electrons. The van der Waals surface area contributed by atoms with Gasteiger partial charge in [-0.05, 0) is 31.7 Å². The molecule has 0 spiro atoms. The molecule has 0 saturated carbocycles. The van der Waals surface area contributed by atoms with Crippen LogP contribution in [0.15, 0.2) is 36.5 Å². The normalized spacial score (nSPS) is 12.0. The van der Waals surface area contributed by atoms with Crippen LogP contribution in [-0.4, -0.2) is 17.0 Å². The summed E-state index contributed by atoms with van der Waals surface area (Å²) >= 11 is 0. The number of halogens is 1. The van der Waals surface area contributed by atoms with Crippen LogP contribution in [0.3, 0.4) is 0 Å². The van der Waals surface area contributed by atoms with Crippen molar-refractivity contribution in [1.82, 2.24) is 10.3 Å². The molecule has 0 aliphatic rings. The van der Waals surface area contributed by atoms with E-state index in [-0.39, 0.29) is 11.9 Å². The van der Waals surface area contributed by atoms with Crippen molar-refractivity contribution in [2.24, 2.45) is 0 Å². The van der Waals surface area contributed by atoms with Crippen LogP contribution in [0.1, 0.15) is 18.5 Å². The fourth-order valence-electron chi connectivity index (χ4n) is 1.76. The molecule has 2 rings (SSSR count). The van der Waals surface area contributed by atoms with Gasteiger partial charge >= 0.3 is 5.69 Å². The third-order valence-corrected chi connectivity index (χ3v) is 3.04. The number of aromatic nitrogens is 1. The second kappa shape index (κ2) is 6.27. The molecule has 0 amide bonds. The fraction of sp³-hybridized carbons (Fsp3) is 0.214. The number of benzene rings is 1. The lowest BCUT2D eigenvalue weighted by Gasteiger charge is -2.12. The van der Waals surface area contributed by atoms with Crippen LogP contribution in [-0.2, 0) is 0 Å². The number of hydrogen-bond acceptors (Lipinski definition) is 5. The summed E-state index contributed by atoms with van der Waals surface area (Å²) < 4.78 is 19.0. The number of hydrogen-bond donors (Lipinski definition) is 1. The molecule has 7 heteroatoms. The van der Waals surface area contributed by atoms with E-state index < -0.39 is 22.2 Å². The Hall–Kier alpha value is -2.54. The average Bonchev–Trinajstić information content (AvgIpc) is 2.48. The number of nitrogens with zero attached hydrogens (tertiary/aromatic N) is 2. The number of nitro benzene ring substituents is 1. The van der Waals surface area contributed by atoms with E-state index in [0.717, 1.165) is 11.6 Å². The predicted molar refractivity (Wildman–Crippen MR) is 74.8 cm³/mol. The van der Waals surface area contributed by atoms with E-state index in [1.165, 1.54) is 18.3 Å². The molecule has 0 fully saturated rings. The molecule has 0 aliphatic carbocycles. The van der Waals surface area contributed by atoms with E-state index in [4.69, 9.17) is 4.74 Å². The van der Waals surface area contributed by atoms with Gasteiger partial charge in [-0.1, -0.05) is 6.07 Å². The van der Waals surface area contributed by atoms with Crippen LogP contribution in [0.2, 0.25) is 0 Å². The van der Waals surface area contributed by atoms with E-state index in [0.29, 0.717) is 0 Å². The summed E-state index contributed by atoms with van der Waals surface area (Å²) in [5.74, 6) is -1.15. The Morgan fingerprint density at radius 2 is 2.19 bits per heavy atom. The molecular weight excluding hydrogens is 277 g/mol. The lowest BCUT2D eigenvalue weighted by atomic mass is 10.1. The molecule has 0 bridgehead atoms. The summed E-state index contributed by atoms with van der Waals surface area (Å²) in [6.07, 6.45) is 1.51. The van der Waals surface area contributed by atoms with E-state index in [2.05, 4.69) is 10.3 Å². The van der Waals surface area contributed by atoms with Crippen molar-refractivity contribution >= 4 is 5.69 Å². The number of para-hydroxylation sites is 1. The maximum Gasteiger partial charge on any atom is 0.314 e. The number of rotatable bonds is 5. The monoisotopic (exact) mass is 291 g/mol. The Morgan fingerprint density at radius 1 is 1.43 bits per heavy atom.